The fraction of sp³-hybridized carbons (Fsp3) is 0.542. The van der Waals surface area contributed by atoms with Crippen molar-refractivity contribution in [2.75, 3.05) is 27.2 Å². The molecule has 9 nitrogen and oxygen atoms in total. The van der Waals surface area contributed by atoms with E-state index in [4.69, 9.17) is 4.74 Å². The van der Waals surface area contributed by atoms with Crippen LogP contribution in [0.4, 0.5) is 0 Å². The third-order valence-electron chi connectivity index (χ3n) is 7.45. The van der Waals surface area contributed by atoms with Gasteiger partial charge in [0.2, 0.25) is 11.8 Å². The lowest BCUT2D eigenvalue weighted by Gasteiger charge is -2.27. The predicted molar refractivity (Wildman–Crippen MR) is 123 cm³/mol. The molecule has 3 aliphatic rings. The second-order valence-electron chi connectivity index (χ2n) is 9.62. The molecule has 0 bridgehead atoms. The third kappa shape index (κ3) is 4.06. The monoisotopic (exact) mass is 453 g/mol. The number of rotatable bonds is 7. The van der Waals surface area contributed by atoms with E-state index in [0.717, 1.165) is 30.2 Å². The predicted octanol–water partition coefficient (Wildman–Crippen LogP) is 1.36. The normalized spacial score (nSPS) is 24.2. The number of hydrogen-bond acceptors (Lipinski definition) is 5. The zero-order valence-corrected chi connectivity index (χ0v) is 19.1. The van der Waals surface area contributed by atoms with Gasteiger partial charge < -0.3 is 30.6 Å². The first-order valence-corrected chi connectivity index (χ1v) is 11.6. The smallest absolute Gasteiger partial charge is 0.271 e. The number of likely N-dealkylation sites (tertiary alicyclic amines) is 1. The van der Waals surface area contributed by atoms with Crippen LogP contribution >= 0.6 is 0 Å². The van der Waals surface area contributed by atoms with Crippen LogP contribution in [-0.4, -0.2) is 67.1 Å². The van der Waals surface area contributed by atoms with Gasteiger partial charge in [0, 0.05) is 29.9 Å². The largest absolute Gasteiger partial charge is 0.496 e. The van der Waals surface area contributed by atoms with Crippen LogP contribution in [0.5, 0.6) is 5.75 Å². The standard InChI is InChI=1S/C24H31N5O4/c1-25-20(10-14-6-9-26-21(14)30)28-22(31)18-12-24(7-8-24)13-29(18)23(32)17-11-15-16(27-17)4-3-5-19(15)33-2/h3-5,11,14,18,20,25,27H,6-10,12-13H2,1-2H3,(H,26,30)(H,28,31)/t14?,18-,20?/m1/s1. The number of methoxy groups -OCH3 is 1. The van der Waals surface area contributed by atoms with Gasteiger partial charge in [-0.1, -0.05) is 6.07 Å². The number of fused-ring (bicyclic) bond motifs is 1. The van der Waals surface area contributed by atoms with E-state index in [0.29, 0.717) is 37.4 Å². The SMILES string of the molecule is CNC(CC1CCNC1=O)NC(=O)[C@H]1CC2(CC2)CN1C(=O)c1cc2c(OC)cccc2[nH]1. The molecule has 1 spiro atoms. The Morgan fingerprint density at radius 2 is 2.15 bits per heavy atom. The summed E-state index contributed by atoms with van der Waals surface area (Å²) in [7, 11) is 3.38. The van der Waals surface area contributed by atoms with Gasteiger partial charge in [0.25, 0.3) is 5.91 Å². The molecule has 5 rings (SSSR count). The highest BCUT2D eigenvalue weighted by molar-refractivity contribution is 6.02. The molecule has 9 heteroatoms. The maximum Gasteiger partial charge on any atom is 0.271 e. The molecule has 176 valence electrons. The van der Waals surface area contributed by atoms with E-state index >= 15 is 0 Å². The summed E-state index contributed by atoms with van der Waals surface area (Å²) in [6.07, 6.45) is 3.73. The van der Waals surface area contributed by atoms with Crippen molar-refractivity contribution < 1.29 is 19.1 Å². The quantitative estimate of drug-likeness (QED) is 0.473. The zero-order chi connectivity index (χ0) is 23.2. The Hall–Kier alpha value is -3.07. The van der Waals surface area contributed by atoms with Crippen LogP contribution in [0.3, 0.4) is 0 Å². The summed E-state index contributed by atoms with van der Waals surface area (Å²) >= 11 is 0. The van der Waals surface area contributed by atoms with Gasteiger partial charge in [-0.15, -0.1) is 0 Å². The second kappa shape index (κ2) is 8.37. The lowest BCUT2D eigenvalue weighted by Crippen LogP contribution is -2.53. The average Bonchev–Trinajstić information content (AvgIpc) is 3.13. The summed E-state index contributed by atoms with van der Waals surface area (Å²) in [4.78, 5) is 43.7. The van der Waals surface area contributed by atoms with Crippen LogP contribution in [0.1, 0.15) is 42.6 Å². The summed E-state index contributed by atoms with van der Waals surface area (Å²) in [5, 5.41) is 9.84. The molecule has 3 atom stereocenters. The molecule has 2 unspecified atom stereocenters. The van der Waals surface area contributed by atoms with E-state index in [1.165, 1.54) is 0 Å². The number of carbonyl (C=O) groups is 3. The zero-order valence-electron chi connectivity index (χ0n) is 19.1. The Bertz CT molecular complexity index is 1090. The lowest BCUT2D eigenvalue weighted by molar-refractivity contribution is -0.127. The molecule has 2 saturated heterocycles. The first-order valence-electron chi connectivity index (χ1n) is 11.6. The van der Waals surface area contributed by atoms with E-state index in [1.54, 1.807) is 25.1 Å². The summed E-state index contributed by atoms with van der Waals surface area (Å²) in [6, 6.07) is 6.92. The number of carbonyl (C=O) groups excluding carboxylic acids is 3. The number of benzene rings is 1. The molecular weight excluding hydrogens is 422 g/mol. The molecule has 2 aliphatic heterocycles. The van der Waals surface area contributed by atoms with Gasteiger partial charge in [-0.25, -0.2) is 0 Å². The first kappa shape index (κ1) is 21.8. The number of nitrogens with zero attached hydrogens (tertiary/aromatic N) is 1. The Kier molecular flexibility index (Phi) is 5.52. The van der Waals surface area contributed by atoms with Gasteiger partial charge in [-0.05, 0) is 62.8 Å². The molecule has 3 amide bonds. The van der Waals surface area contributed by atoms with Gasteiger partial charge in [-0.2, -0.15) is 0 Å². The van der Waals surface area contributed by atoms with Crippen molar-refractivity contribution in [2.45, 2.75) is 44.3 Å². The van der Waals surface area contributed by atoms with Crippen molar-refractivity contribution >= 4 is 28.6 Å². The number of hydrogen-bond donors (Lipinski definition) is 4. The molecule has 1 aromatic heterocycles. The topological polar surface area (TPSA) is 116 Å². The summed E-state index contributed by atoms with van der Waals surface area (Å²) < 4.78 is 5.42. The first-order chi connectivity index (χ1) is 15.9. The fourth-order valence-corrected chi connectivity index (χ4v) is 5.29. The van der Waals surface area contributed by atoms with Crippen LogP contribution < -0.4 is 20.7 Å². The number of ether oxygens (including phenoxy) is 1. The maximum atomic E-state index is 13.5. The average molecular weight is 454 g/mol. The van der Waals surface area contributed by atoms with E-state index in [2.05, 4.69) is 20.9 Å². The minimum absolute atomic E-state index is 0.0355. The molecule has 1 aliphatic carbocycles. The highest BCUT2D eigenvalue weighted by atomic mass is 16.5. The van der Waals surface area contributed by atoms with Crippen LogP contribution in [0.15, 0.2) is 24.3 Å². The van der Waals surface area contributed by atoms with Gasteiger partial charge in [0.1, 0.15) is 17.5 Å². The molecular formula is C24H31N5O4. The van der Waals surface area contributed by atoms with Crippen molar-refractivity contribution in [1.82, 2.24) is 25.8 Å². The molecule has 1 saturated carbocycles. The molecule has 2 aromatic rings. The molecule has 4 N–H and O–H groups in total. The number of nitrogens with one attached hydrogen (secondary N) is 4. The van der Waals surface area contributed by atoms with Crippen LogP contribution in [0.2, 0.25) is 0 Å². The minimum atomic E-state index is -0.526. The van der Waals surface area contributed by atoms with E-state index < -0.39 is 6.04 Å². The van der Waals surface area contributed by atoms with Crippen molar-refractivity contribution in [2.24, 2.45) is 11.3 Å². The Morgan fingerprint density at radius 1 is 1.33 bits per heavy atom. The second-order valence-corrected chi connectivity index (χ2v) is 9.62. The van der Waals surface area contributed by atoms with Gasteiger partial charge in [0.05, 0.1) is 13.3 Å². The Labute approximate surface area is 192 Å². The van der Waals surface area contributed by atoms with E-state index in [-0.39, 0.29) is 35.2 Å². The highest BCUT2D eigenvalue weighted by Gasteiger charge is 2.55. The number of aromatic amines is 1. The molecule has 33 heavy (non-hydrogen) atoms. The number of amides is 3. The Morgan fingerprint density at radius 3 is 2.82 bits per heavy atom. The van der Waals surface area contributed by atoms with Crippen LogP contribution in [-0.2, 0) is 9.59 Å². The summed E-state index contributed by atoms with van der Waals surface area (Å²) in [5.41, 5.74) is 1.34. The van der Waals surface area contributed by atoms with Crippen molar-refractivity contribution in [1.29, 1.82) is 0 Å². The molecule has 3 fully saturated rings. The fourth-order valence-electron chi connectivity index (χ4n) is 5.29. The van der Waals surface area contributed by atoms with E-state index in [9.17, 15) is 14.4 Å². The molecule has 3 heterocycles. The summed E-state index contributed by atoms with van der Waals surface area (Å²) in [6.45, 7) is 1.27. The van der Waals surface area contributed by atoms with E-state index in [1.807, 2.05) is 18.2 Å². The molecule has 0 radical (unpaired) electrons. The van der Waals surface area contributed by atoms with Crippen molar-refractivity contribution in [3.63, 3.8) is 0 Å². The maximum absolute atomic E-state index is 13.5. The number of aromatic nitrogens is 1. The number of H-pyrrole nitrogens is 1. The lowest BCUT2D eigenvalue weighted by atomic mass is 10.0. The third-order valence-corrected chi connectivity index (χ3v) is 7.45. The summed E-state index contributed by atoms with van der Waals surface area (Å²) in [5.74, 6) is 0.283. The van der Waals surface area contributed by atoms with Crippen LogP contribution in [0.25, 0.3) is 10.9 Å². The van der Waals surface area contributed by atoms with Gasteiger partial charge in [0.15, 0.2) is 0 Å². The van der Waals surface area contributed by atoms with Gasteiger partial charge in [-0.3, -0.25) is 14.4 Å². The van der Waals surface area contributed by atoms with Crippen molar-refractivity contribution in [3.8, 4) is 5.75 Å². The molecule has 1 aromatic carbocycles. The highest BCUT2D eigenvalue weighted by Crippen LogP contribution is 2.55. The minimum Gasteiger partial charge on any atom is -0.496 e. The van der Waals surface area contributed by atoms with Crippen LogP contribution in [0, 0.1) is 11.3 Å². The Balaban J connectivity index is 1.34. The van der Waals surface area contributed by atoms with Gasteiger partial charge >= 0.3 is 0 Å². The van der Waals surface area contributed by atoms with Crippen molar-refractivity contribution in [3.05, 3.63) is 30.0 Å².